The summed E-state index contributed by atoms with van der Waals surface area (Å²) < 4.78 is 13.2. The van der Waals surface area contributed by atoms with Crippen molar-refractivity contribution in [2.75, 3.05) is 13.1 Å². The minimum absolute atomic E-state index is 0.0709. The van der Waals surface area contributed by atoms with Crippen LogP contribution in [0, 0.1) is 15.9 Å². The number of nitro groups is 1. The van der Waals surface area contributed by atoms with E-state index in [9.17, 15) is 28.9 Å². The van der Waals surface area contributed by atoms with Crippen LogP contribution in [-0.2, 0) is 29.1 Å². The first-order valence-electron chi connectivity index (χ1n) is 14.1. The van der Waals surface area contributed by atoms with Crippen LogP contribution in [0.5, 0.6) is 0 Å². The molecule has 224 valence electrons. The van der Waals surface area contributed by atoms with Crippen molar-refractivity contribution in [3.63, 3.8) is 0 Å². The van der Waals surface area contributed by atoms with Crippen molar-refractivity contribution >= 4 is 34.3 Å². The van der Waals surface area contributed by atoms with Crippen LogP contribution in [-0.4, -0.2) is 62.9 Å². The van der Waals surface area contributed by atoms with Crippen LogP contribution in [0.15, 0.2) is 91.0 Å². The third-order valence-corrected chi connectivity index (χ3v) is 8.02. The number of fused-ring (bicyclic) bond motifs is 2. The highest BCUT2D eigenvalue weighted by Crippen LogP contribution is 2.30. The fourth-order valence-corrected chi connectivity index (χ4v) is 5.84. The lowest BCUT2D eigenvalue weighted by Crippen LogP contribution is -2.65. The van der Waals surface area contributed by atoms with Crippen LogP contribution in [0.4, 0.5) is 14.9 Å². The van der Waals surface area contributed by atoms with E-state index < -0.39 is 23.2 Å². The Balaban J connectivity index is 1.25. The number of piperazine rings is 1. The van der Waals surface area contributed by atoms with E-state index in [0.29, 0.717) is 17.7 Å². The SMILES string of the molecule is O=C(NCc1ccc(F)cc1)NN1CC(=O)N2[C@@H]1CN(Cc1cccc3ccccc13)C(=O)[C@@H]2Cc1ccc([N+](=O)[O-])cc1. The Morgan fingerprint density at radius 2 is 1.64 bits per heavy atom. The second-order valence-electron chi connectivity index (χ2n) is 10.8. The standard InChI is InChI=1S/C32H29FN6O5/c33-25-12-8-22(9-13-25)17-34-32(42)35-37-20-30(40)38-28(16-21-10-14-26(15-11-21)39(43)44)31(41)36(19-29(37)38)18-24-6-3-5-23-4-1-2-7-27(23)24/h1-15,28-29H,16-20H2,(H2,34,35,42)/t28-,29+/m0/s1. The second-order valence-corrected chi connectivity index (χ2v) is 10.8. The number of nitrogens with zero attached hydrogens (tertiary/aromatic N) is 4. The lowest BCUT2D eigenvalue weighted by Gasteiger charge is -2.44. The molecular formula is C32H29FN6O5. The normalized spacial score (nSPS) is 18.4. The van der Waals surface area contributed by atoms with E-state index in [1.54, 1.807) is 29.2 Å². The molecule has 0 aliphatic carbocycles. The number of hydrogen-bond acceptors (Lipinski definition) is 6. The maximum Gasteiger partial charge on any atom is 0.329 e. The molecular weight excluding hydrogens is 567 g/mol. The van der Waals surface area contributed by atoms with E-state index in [1.165, 1.54) is 34.2 Å². The molecule has 0 bridgehead atoms. The zero-order chi connectivity index (χ0) is 30.8. The number of halogens is 1. The molecule has 12 heteroatoms. The topological polar surface area (TPSA) is 128 Å². The summed E-state index contributed by atoms with van der Waals surface area (Å²) >= 11 is 0. The van der Waals surface area contributed by atoms with Crippen LogP contribution >= 0.6 is 0 Å². The molecule has 0 radical (unpaired) electrons. The molecule has 2 fully saturated rings. The van der Waals surface area contributed by atoms with E-state index in [2.05, 4.69) is 10.7 Å². The van der Waals surface area contributed by atoms with Gasteiger partial charge in [-0.2, -0.15) is 5.01 Å². The molecule has 2 saturated heterocycles. The Bertz CT molecular complexity index is 1730. The first-order chi connectivity index (χ1) is 21.3. The zero-order valence-electron chi connectivity index (χ0n) is 23.6. The van der Waals surface area contributed by atoms with Crippen LogP contribution < -0.4 is 10.7 Å². The third kappa shape index (κ3) is 5.92. The van der Waals surface area contributed by atoms with Gasteiger partial charge in [-0.25, -0.2) is 9.18 Å². The lowest BCUT2D eigenvalue weighted by atomic mass is 9.99. The van der Waals surface area contributed by atoms with Crippen molar-refractivity contribution < 1.29 is 23.7 Å². The highest BCUT2D eigenvalue weighted by atomic mass is 19.1. The number of non-ortho nitro benzene ring substituents is 1. The maximum atomic E-state index is 14.0. The number of rotatable bonds is 8. The number of nitro benzene ring substituents is 1. The molecule has 44 heavy (non-hydrogen) atoms. The summed E-state index contributed by atoms with van der Waals surface area (Å²) in [5, 5.41) is 17.4. The van der Waals surface area contributed by atoms with Gasteiger partial charge in [0, 0.05) is 31.6 Å². The van der Waals surface area contributed by atoms with E-state index in [-0.39, 0.29) is 49.4 Å². The predicted molar refractivity (Wildman–Crippen MR) is 159 cm³/mol. The van der Waals surface area contributed by atoms with E-state index >= 15 is 0 Å². The minimum atomic E-state index is -0.883. The zero-order valence-corrected chi connectivity index (χ0v) is 23.6. The Morgan fingerprint density at radius 3 is 2.39 bits per heavy atom. The van der Waals surface area contributed by atoms with Crippen molar-refractivity contribution in [3.05, 3.63) is 124 Å². The molecule has 2 aliphatic rings. The minimum Gasteiger partial charge on any atom is -0.333 e. The van der Waals surface area contributed by atoms with Crippen molar-refractivity contribution in [1.29, 1.82) is 0 Å². The van der Waals surface area contributed by atoms with E-state index in [4.69, 9.17) is 0 Å². The molecule has 4 amide bonds. The predicted octanol–water partition coefficient (Wildman–Crippen LogP) is 3.73. The largest absolute Gasteiger partial charge is 0.333 e. The number of nitrogens with one attached hydrogen (secondary N) is 2. The van der Waals surface area contributed by atoms with Gasteiger partial charge in [-0.1, -0.05) is 66.7 Å². The molecule has 0 aromatic heterocycles. The molecule has 2 heterocycles. The molecule has 2 aliphatic heterocycles. The number of urea groups is 1. The highest BCUT2D eigenvalue weighted by Gasteiger charge is 2.50. The molecule has 0 spiro atoms. The molecule has 2 atom stereocenters. The summed E-state index contributed by atoms with van der Waals surface area (Å²) in [6, 6.07) is 24.0. The summed E-state index contributed by atoms with van der Waals surface area (Å²) in [6.45, 7) is 0.459. The van der Waals surface area contributed by atoms with Crippen LogP contribution in [0.1, 0.15) is 16.7 Å². The fourth-order valence-electron chi connectivity index (χ4n) is 5.84. The van der Waals surface area contributed by atoms with Crippen molar-refractivity contribution in [1.82, 2.24) is 25.6 Å². The molecule has 0 unspecified atom stereocenters. The van der Waals surface area contributed by atoms with Crippen molar-refractivity contribution in [3.8, 4) is 0 Å². The summed E-state index contributed by atoms with van der Waals surface area (Å²) in [4.78, 5) is 54.1. The Kier molecular flexibility index (Phi) is 7.90. The molecule has 6 rings (SSSR count). The van der Waals surface area contributed by atoms with Gasteiger partial charge in [-0.3, -0.25) is 25.1 Å². The Hall–Kier alpha value is -5.36. The molecule has 4 aromatic carbocycles. The number of amides is 4. The average molecular weight is 597 g/mol. The molecule has 11 nitrogen and oxygen atoms in total. The average Bonchev–Trinajstić information content (AvgIpc) is 3.33. The summed E-state index contributed by atoms with van der Waals surface area (Å²) in [5.41, 5.74) is 5.00. The quantitative estimate of drug-likeness (QED) is 0.236. The third-order valence-electron chi connectivity index (χ3n) is 8.02. The highest BCUT2D eigenvalue weighted by molar-refractivity contribution is 5.92. The van der Waals surface area contributed by atoms with Crippen LogP contribution in [0.25, 0.3) is 10.8 Å². The van der Waals surface area contributed by atoms with Gasteiger partial charge in [0.05, 0.1) is 18.0 Å². The van der Waals surface area contributed by atoms with Crippen LogP contribution in [0.2, 0.25) is 0 Å². The first-order valence-corrected chi connectivity index (χ1v) is 14.1. The second kappa shape index (κ2) is 12.1. The van der Waals surface area contributed by atoms with Gasteiger partial charge < -0.3 is 15.1 Å². The van der Waals surface area contributed by atoms with Gasteiger partial charge in [0.25, 0.3) is 5.69 Å². The molecule has 0 saturated carbocycles. The smallest absolute Gasteiger partial charge is 0.329 e. The summed E-state index contributed by atoms with van der Waals surface area (Å²) in [5.74, 6) is -0.945. The van der Waals surface area contributed by atoms with Gasteiger partial charge in [-0.05, 0) is 39.6 Å². The Morgan fingerprint density at radius 1 is 0.932 bits per heavy atom. The fraction of sp³-hybridized carbons (Fsp3) is 0.219. The summed E-state index contributed by atoms with van der Waals surface area (Å²) in [7, 11) is 0. The monoisotopic (exact) mass is 596 g/mol. The first kappa shape index (κ1) is 28.7. The number of hydrogen-bond donors (Lipinski definition) is 2. The van der Waals surface area contributed by atoms with Gasteiger partial charge in [-0.15, -0.1) is 0 Å². The molecule has 4 aromatic rings. The van der Waals surface area contributed by atoms with Gasteiger partial charge in [0.2, 0.25) is 11.8 Å². The number of hydrazine groups is 1. The lowest BCUT2D eigenvalue weighted by molar-refractivity contribution is -0.384. The number of benzene rings is 4. The van der Waals surface area contributed by atoms with Gasteiger partial charge in [0.1, 0.15) is 18.0 Å². The van der Waals surface area contributed by atoms with E-state index in [0.717, 1.165) is 16.3 Å². The maximum absolute atomic E-state index is 14.0. The van der Waals surface area contributed by atoms with E-state index in [1.807, 2.05) is 42.5 Å². The van der Waals surface area contributed by atoms with Gasteiger partial charge >= 0.3 is 6.03 Å². The Labute approximate surface area is 252 Å². The van der Waals surface area contributed by atoms with Crippen LogP contribution in [0.3, 0.4) is 0 Å². The number of carbonyl (C=O) groups excluding carboxylic acids is 3. The van der Waals surface area contributed by atoms with Gasteiger partial charge in [0.15, 0.2) is 0 Å². The van der Waals surface area contributed by atoms with Crippen molar-refractivity contribution in [2.24, 2.45) is 0 Å². The van der Waals surface area contributed by atoms with Crippen molar-refractivity contribution in [2.45, 2.75) is 31.7 Å². The summed E-state index contributed by atoms with van der Waals surface area (Å²) in [6.07, 6.45) is -0.495. The number of carbonyl (C=O) groups is 3. The molecule has 2 N–H and O–H groups in total.